The van der Waals surface area contributed by atoms with Gasteiger partial charge < -0.3 is 9.64 Å². The molecule has 6 rings (SSSR count). The van der Waals surface area contributed by atoms with Crippen molar-refractivity contribution in [2.24, 2.45) is 5.92 Å². The standard InChI is InChI=1S/C22H24N4O/c1-27-19-5-3-2-4-17(19)18-14-26(20-7-6-15(12-23)13-24-20)21-16-8-10-25(11-9-16)22(18)21/h2-7,13,16,18,21-22H,8-11,14H2,1H3/t18-,21+,22+/m0/s1. The number of nitriles is 1. The molecule has 2 bridgehead atoms. The summed E-state index contributed by atoms with van der Waals surface area (Å²) in [6, 6.07) is 15.5. The molecule has 0 N–H and O–H groups in total. The molecule has 4 fully saturated rings. The number of hydrogen-bond donors (Lipinski definition) is 0. The SMILES string of the molecule is COc1ccccc1[C@@H]1CN(c2ccc(C#N)cn2)[C@@H]2C3CCN(CC3)[C@@H]21. The summed E-state index contributed by atoms with van der Waals surface area (Å²) in [5, 5.41) is 9.09. The number of rotatable bonds is 3. The molecule has 4 saturated heterocycles. The van der Waals surface area contributed by atoms with E-state index in [0.29, 0.717) is 23.6 Å². The van der Waals surface area contributed by atoms with Gasteiger partial charge in [-0.05, 0) is 50.0 Å². The summed E-state index contributed by atoms with van der Waals surface area (Å²) in [5.41, 5.74) is 1.92. The van der Waals surface area contributed by atoms with E-state index in [0.717, 1.165) is 24.0 Å². The van der Waals surface area contributed by atoms with Crippen molar-refractivity contribution in [3.63, 3.8) is 0 Å². The second-order valence-corrected chi connectivity index (χ2v) is 7.87. The van der Waals surface area contributed by atoms with E-state index in [1.165, 1.54) is 31.5 Å². The number of fused-ring (bicyclic) bond motifs is 2. The molecular formula is C22H24N4O. The van der Waals surface area contributed by atoms with Crippen LogP contribution in [-0.2, 0) is 0 Å². The largest absolute Gasteiger partial charge is 0.496 e. The van der Waals surface area contributed by atoms with Gasteiger partial charge in [-0.2, -0.15) is 5.26 Å². The molecule has 138 valence electrons. The van der Waals surface area contributed by atoms with E-state index in [-0.39, 0.29) is 0 Å². The number of aromatic nitrogens is 1. The van der Waals surface area contributed by atoms with Crippen LogP contribution in [0.15, 0.2) is 42.6 Å². The van der Waals surface area contributed by atoms with Crippen molar-refractivity contribution in [3.8, 4) is 11.8 Å². The van der Waals surface area contributed by atoms with Crippen LogP contribution in [0.5, 0.6) is 5.75 Å². The third-order valence-corrected chi connectivity index (χ3v) is 6.70. The Hall–Kier alpha value is -2.58. The quantitative estimate of drug-likeness (QED) is 0.842. The third kappa shape index (κ3) is 2.59. The number of para-hydroxylation sites is 1. The molecule has 27 heavy (non-hydrogen) atoms. The molecule has 0 spiro atoms. The molecule has 2 aromatic rings. The Kier molecular flexibility index (Phi) is 4.02. The van der Waals surface area contributed by atoms with Gasteiger partial charge in [0.1, 0.15) is 17.6 Å². The van der Waals surface area contributed by atoms with Crippen molar-refractivity contribution in [1.82, 2.24) is 9.88 Å². The number of benzene rings is 1. The first-order chi connectivity index (χ1) is 13.3. The molecule has 5 heteroatoms. The first-order valence-corrected chi connectivity index (χ1v) is 9.80. The van der Waals surface area contributed by atoms with Crippen LogP contribution in [0, 0.1) is 17.2 Å². The highest BCUT2D eigenvalue weighted by Crippen LogP contribution is 2.49. The number of pyridine rings is 1. The molecule has 0 radical (unpaired) electrons. The Morgan fingerprint density at radius 3 is 2.63 bits per heavy atom. The van der Waals surface area contributed by atoms with Crippen LogP contribution in [-0.4, -0.2) is 48.7 Å². The second kappa shape index (κ2) is 6.54. The molecule has 3 atom stereocenters. The maximum atomic E-state index is 9.09. The number of hydrogen-bond acceptors (Lipinski definition) is 5. The zero-order valence-corrected chi connectivity index (χ0v) is 15.6. The smallest absolute Gasteiger partial charge is 0.128 e. The average molecular weight is 360 g/mol. The van der Waals surface area contributed by atoms with Crippen LogP contribution in [0.1, 0.15) is 29.9 Å². The lowest BCUT2D eigenvalue weighted by Crippen LogP contribution is -2.60. The average Bonchev–Trinajstić information content (AvgIpc) is 3.17. The van der Waals surface area contributed by atoms with Gasteiger partial charge in [-0.1, -0.05) is 18.2 Å². The van der Waals surface area contributed by atoms with E-state index >= 15 is 0 Å². The number of ether oxygens (including phenoxy) is 1. The molecule has 1 aromatic heterocycles. The van der Waals surface area contributed by atoms with Gasteiger partial charge in [0.15, 0.2) is 0 Å². The summed E-state index contributed by atoms with van der Waals surface area (Å²) >= 11 is 0. The van der Waals surface area contributed by atoms with E-state index in [9.17, 15) is 0 Å². The van der Waals surface area contributed by atoms with Crippen LogP contribution in [0.2, 0.25) is 0 Å². The monoisotopic (exact) mass is 360 g/mol. The Balaban J connectivity index is 1.56. The summed E-state index contributed by atoms with van der Waals surface area (Å²) < 4.78 is 5.70. The molecule has 1 aromatic carbocycles. The minimum atomic E-state index is 0.409. The summed E-state index contributed by atoms with van der Waals surface area (Å²) in [6.07, 6.45) is 4.24. The lowest BCUT2D eigenvalue weighted by Gasteiger charge is -2.51. The number of anilines is 1. The minimum Gasteiger partial charge on any atom is -0.496 e. The van der Waals surface area contributed by atoms with E-state index in [2.05, 4.69) is 39.1 Å². The van der Waals surface area contributed by atoms with Gasteiger partial charge in [-0.15, -0.1) is 0 Å². The van der Waals surface area contributed by atoms with Crippen molar-refractivity contribution in [3.05, 3.63) is 53.7 Å². The molecule has 5 nitrogen and oxygen atoms in total. The molecule has 0 saturated carbocycles. The zero-order valence-electron chi connectivity index (χ0n) is 15.6. The molecule has 5 heterocycles. The van der Waals surface area contributed by atoms with Gasteiger partial charge in [-0.3, -0.25) is 4.90 Å². The van der Waals surface area contributed by atoms with Crippen LogP contribution in [0.4, 0.5) is 5.82 Å². The van der Waals surface area contributed by atoms with Crippen molar-refractivity contribution >= 4 is 5.82 Å². The lowest BCUT2D eigenvalue weighted by molar-refractivity contribution is 0.0352. The third-order valence-electron chi connectivity index (χ3n) is 6.70. The summed E-state index contributed by atoms with van der Waals surface area (Å²) in [5.74, 6) is 3.11. The highest BCUT2D eigenvalue weighted by molar-refractivity contribution is 5.50. The predicted molar refractivity (Wildman–Crippen MR) is 104 cm³/mol. The topological polar surface area (TPSA) is 52.4 Å². The van der Waals surface area contributed by atoms with Crippen LogP contribution in [0.3, 0.4) is 0 Å². The van der Waals surface area contributed by atoms with Crippen molar-refractivity contribution in [2.75, 3.05) is 31.6 Å². The predicted octanol–water partition coefficient (Wildman–Crippen LogP) is 3.03. The van der Waals surface area contributed by atoms with Gasteiger partial charge >= 0.3 is 0 Å². The number of piperidine rings is 3. The van der Waals surface area contributed by atoms with Crippen LogP contribution in [0.25, 0.3) is 0 Å². The van der Waals surface area contributed by atoms with Crippen molar-refractivity contribution < 1.29 is 4.74 Å². The highest BCUT2D eigenvalue weighted by Gasteiger charge is 2.54. The normalized spacial score (nSPS) is 31.4. The fourth-order valence-corrected chi connectivity index (χ4v) is 5.55. The number of methoxy groups -OCH3 is 1. The molecule has 4 aliphatic heterocycles. The zero-order chi connectivity index (χ0) is 18.4. The first kappa shape index (κ1) is 16.6. The van der Waals surface area contributed by atoms with E-state index in [4.69, 9.17) is 10.00 Å². The molecule has 0 amide bonds. The Labute approximate surface area is 160 Å². The summed E-state index contributed by atoms with van der Waals surface area (Å²) in [4.78, 5) is 9.82. The number of nitrogens with zero attached hydrogens (tertiary/aromatic N) is 4. The Morgan fingerprint density at radius 1 is 1.11 bits per heavy atom. The Morgan fingerprint density at radius 2 is 1.93 bits per heavy atom. The van der Waals surface area contributed by atoms with Crippen LogP contribution < -0.4 is 9.64 Å². The fourth-order valence-electron chi connectivity index (χ4n) is 5.55. The van der Waals surface area contributed by atoms with E-state index < -0.39 is 0 Å². The maximum absolute atomic E-state index is 9.09. The molecule has 0 aliphatic carbocycles. The highest BCUT2D eigenvalue weighted by atomic mass is 16.5. The van der Waals surface area contributed by atoms with E-state index in [1.54, 1.807) is 13.3 Å². The van der Waals surface area contributed by atoms with Gasteiger partial charge in [0.05, 0.1) is 12.7 Å². The lowest BCUT2D eigenvalue weighted by atomic mass is 9.75. The van der Waals surface area contributed by atoms with Gasteiger partial charge in [0.25, 0.3) is 0 Å². The fraction of sp³-hybridized carbons (Fsp3) is 0.455. The molecular weight excluding hydrogens is 336 g/mol. The van der Waals surface area contributed by atoms with E-state index in [1.807, 2.05) is 18.2 Å². The summed E-state index contributed by atoms with van der Waals surface area (Å²) in [7, 11) is 1.76. The minimum absolute atomic E-state index is 0.409. The maximum Gasteiger partial charge on any atom is 0.128 e. The van der Waals surface area contributed by atoms with Crippen molar-refractivity contribution in [1.29, 1.82) is 5.26 Å². The van der Waals surface area contributed by atoms with Gasteiger partial charge in [0.2, 0.25) is 0 Å². The Bertz CT molecular complexity index is 867. The van der Waals surface area contributed by atoms with Gasteiger partial charge in [-0.25, -0.2) is 4.98 Å². The van der Waals surface area contributed by atoms with Crippen molar-refractivity contribution in [2.45, 2.75) is 30.8 Å². The second-order valence-electron chi connectivity index (χ2n) is 7.87. The first-order valence-electron chi connectivity index (χ1n) is 9.80. The van der Waals surface area contributed by atoms with Crippen LogP contribution >= 0.6 is 0 Å². The summed E-state index contributed by atoms with van der Waals surface area (Å²) in [6.45, 7) is 3.35. The molecule has 0 unspecified atom stereocenters. The molecule has 4 aliphatic rings. The van der Waals surface area contributed by atoms with Gasteiger partial charge in [0, 0.05) is 36.3 Å².